The maximum atomic E-state index is 13.9. The van der Waals surface area contributed by atoms with Gasteiger partial charge < -0.3 is 10.2 Å². The maximum Gasteiger partial charge on any atom is 0.194 e. The first-order chi connectivity index (χ1) is 11.5. The summed E-state index contributed by atoms with van der Waals surface area (Å²) in [6.45, 7) is 3.31. The van der Waals surface area contributed by atoms with Gasteiger partial charge in [-0.1, -0.05) is 0 Å². The molecule has 9 heteroatoms. The Hall–Kier alpha value is -2.22. The van der Waals surface area contributed by atoms with E-state index in [4.69, 9.17) is 5.26 Å². The zero-order chi connectivity index (χ0) is 17.5. The van der Waals surface area contributed by atoms with Gasteiger partial charge in [0.1, 0.15) is 18.0 Å². The fraction of sp³-hybridized carbons (Fsp3) is 0.375. The fourth-order valence-corrected chi connectivity index (χ4v) is 2.15. The topological polar surface area (TPSA) is 82.1 Å². The molecule has 2 aromatic rings. The minimum Gasteiger partial charge on any atom is -0.357 e. The zero-order valence-corrected chi connectivity index (χ0v) is 16.7. The molecule has 7 nitrogen and oxygen atoms in total. The van der Waals surface area contributed by atoms with Crippen molar-refractivity contribution >= 4 is 29.9 Å². The minimum absolute atomic E-state index is 0. The summed E-state index contributed by atoms with van der Waals surface area (Å²) >= 11 is 0. The number of nitriles is 1. The molecule has 1 aromatic heterocycles. The van der Waals surface area contributed by atoms with Gasteiger partial charge in [0.05, 0.1) is 24.7 Å². The third-order valence-electron chi connectivity index (χ3n) is 3.45. The third-order valence-corrected chi connectivity index (χ3v) is 3.45. The summed E-state index contributed by atoms with van der Waals surface area (Å²) in [4.78, 5) is 10.5. The Labute approximate surface area is 163 Å². The molecule has 25 heavy (non-hydrogen) atoms. The van der Waals surface area contributed by atoms with Crippen molar-refractivity contribution < 1.29 is 4.39 Å². The lowest BCUT2D eigenvalue weighted by molar-refractivity contribution is 0.448. The lowest BCUT2D eigenvalue weighted by atomic mass is 10.1. The Morgan fingerprint density at radius 3 is 2.84 bits per heavy atom. The Bertz CT molecular complexity index is 766. The van der Waals surface area contributed by atoms with Crippen molar-refractivity contribution in [3.63, 3.8) is 0 Å². The Morgan fingerprint density at radius 2 is 2.24 bits per heavy atom. The van der Waals surface area contributed by atoms with Crippen molar-refractivity contribution in [2.45, 2.75) is 20.0 Å². The number of guanidine groups is 1. The monoisotopic (exact) mass is 457 g/mol. The number of rotatable bonds is 5. The quantitative estimate of drug-likeness (QED) is 0.422. The van der Waals surface area contributed by atoms with Crippen molar-refractivity contribution in [1.82, 2.24) is 25.0 Å². The van der Waals surface area contributed by atoms with Crippen molar-refractivity contribution in [3.05, 3.63) is 47.3 Å². The molecule has 0 radical (unpaired) electrons. The van der Waals surface area contributed by atoms with Crippen LogP contribution in [0, 0.1) is 17.1 Å². The van der Waals surface area contributed by atoms with E-state index < -0.39 is 0 Å². The number of nitrogens with zero attached hydrogens (tertiary/aromatic N) is 6. The van der Waals surface area contributed by atoms with Gasteiger partial charge in [0.15, 0.2) is 5.96 Å². The van der Waals surface area contributed by atoms with Gasteiger partial charge in [-0.15, -0.1) is 24.0 Å². The number of benzene rings is 1. The predicted octanol–water partition coefficient (Wildman–Crippen LogP) is 2.04. The second-order valence-corrected chi connectivity index (χ2v) is 5.24. The highest BCUT2D eigenvalue weighted by Crippen LogP contribution is 2.11. The molecule has 2 rings (SSSR count). The van der Waals surface area contributed by atoms with Gasteiger partial charge in [-0.3, -0.25) is 4.68 Å². The molecule has 1 N–H and O–H groups in total. The first-order valence-electron chi connectivity index (χ1n) is 7.56. The SMILES string of the molecule is CCNC(=NCc1cc(C#N)ccc1F)N(C)Cc1ncnn1C.I. The smallest absolute Gasteiger partial charge is 0.194 e. The van der Waals surface area contributed by atoms with Gasteiger partial charge in [-0.2, -0.15) is 10.4 Å². The van der Waals surface area contributed by atoms with E-state index >= 15 is 0 Å². The predicted molar refractivity (Wildman–Crippen MR) is 104 cm³/mol. The first-order valence-corrected chi connectivity index (χ1v) is 7.56. The van der Waals surface area contributed by atoms with Gasteiger partial charge in [-0.05, 0) is 25.1 Å². The molecular formula is C16H21FIN7. The van der Waals surface area contributed by atoms with E-state index in [0.29, 0.717) is 30.2 Å². The molecule has 0 spiro atoms. The van der Waals surface area contributed by atoms with E-state index in [9.17, 15) is 4.39 Å². The first kappa shape index (κ1) is 20.8. The minimum atomic E-state index is -0.371. The number of nitrogens with one attached hydrogen (secondary N) is 1. The summed E-state index contributed by atoms with van der Waals surface area (Å²) in [5.41, 5.74) is 0.801. The van der Waals surface area contributed by atoms with Crippen LogP contribution in [0.3, 0.4) is 0 Å². The van der Waals surface area contributed by atoms with Crippen LogP contribution in [-0.4, -0.2) is 39.2 Å². The van der Waals surface area contributed by atoms with E-state index in [1.165, 1.54) is 24.5 Å². The molecule has 0 saturated carbocycles. The van der Waals surface area contributed by atoms with Crippen LogP contribution < -0.4 is 5.32 Å². The summed E-state index contributed by atoms with van der Waals surface area (Å²) in [7, 11) is 3.70. The van der Waals surface area contributed by atoms with Crippen LogP contribution in [-0.2, 0) is 20.1 Å². The molecule has 1 heterocycles. The largest absolute Gasteiger partial charge is 0.357 e. The molecule has 1 aromatic carbocycles. The summed E-state index contributed by atoms with van der Waals surface area (Å²) in [5, 5.41) is 16.1. The van der Waals surface area contributed by atoms with E-state index in [0.717, 1.165) is 5.82 Å². The Balaban J connectivity index is 0.00000312. The highest BCUT2D eigenvalue weighted by molar-refractivity contribution is 14.0. The molecule has 0 aliphatic heterocycles. The highest BCUT2D eigenvalue weighted by Gasteiger charge is 2.11. The number of hydrogen-bond acceptors (Lipinski definition) is 4. The zero-order valence-electron chi connectivity index (χ0n) is 14.4. The highest BCUT2D eigenvalue weighted by atomic mass is 127. The van der Waals surface area contributed by atoms with Gasteiger partial charge in [0.25, 0.3) is 0 Å². The van der Waals surface area contributed by atoms with Crippen molar-refractivity contribution in [3.8, 4) is 6.07 Å². The summed E-state index contributed by atoms with van der Waals surface area (Å²) < 4.78 is 15.6. The van der Waals surface area contributed by atoms with Gasteiger partial charge >= 0.3 is 0 Å². The molecule has 0 aliphatic rings. The number of aryl methyl sites for hydroxylation is 1. The average Bonchev–Trinajstić information content (AvgIpc) is 2.97. The van der Waals surface area contributed by atoms with E-state index in [1.54, 1.807) is 4.68 Å². The normalized spacial score (nSPS) is 10.8. The number of hydrogen-bond donors (Lipinski definition) is 1. The van der Waals surface area contributed by atoms with Crippen molar-refractivity contribution in [2.75, 3.05) is 13.6 Å². The third kappa shape index (κ3) is 5.67. The molecular weight excluding hydrogens is 436 g/mol. The molecule has 0 aliphatic carbocycles. The van der Waals surface area contributed by atoms with E-state index in [1.807, 2.05) is 32.0 Å². The van der Waals surface area contributed by atoms with Crippen LogP contribution in [0.15, 0.2) is 29.5 Å². The lowest BCUT2D eigenvalue weighted by Gasteiger charge is -2.21. The van der Waals surface area contributed by atoms with Crippen LogP contribution in [0.1, 0.15) is 23.9 Å². The molecule has 0 atom stereocenters. The molecule has 0 fully saturated rings. The second-order valence-electron chi connectivity index (χ2n) is 5.24. The summed E-state index contributed by atoms with van der Waals surface area (Å²) in [5.74, 6) is 1.05. The van der Waals surface area contributed by atoms with Crippen LogP contribution in [0.2, 0.25) is 0 Å². The summed E-state index contributed by atoms with van der Waals surface area (Å²) in [6.07, 6.45) is 1.50. The van der Waals surface area contributed by atoms with Crippen molar-refractivity contribution in [1.29, 1.82) is 5.26 Å². The Morgan fingerprint density at radius 1 is 1.48 bits per heavy atom. The number of aliphatic imine (C=N–C) groups is 1. The van der Waals surface area contributed by atoms with E-state index in [-0.39, 0.29) is 36.3 Å². The fourth-order valence-electron chi connectivity index (χ4n) is 2.15. The van der Waals surface area contributed by atoms with Crippen LogP contribution in [0.5, 0.6) is 0 Å². The molecule has 0 saturated heterocycles. The molecule has 134 valence electrons. The number of halogens is 2. The standard InChI is InChI=1S/C16H20FN7.HI/c1-4-19-16(23(2)10-15-21-11-22-24(15)3)20-9-13-7-12(8-18)5-6-14(13)17;/h5-7,11H,4,9-10H2,1-3H3,(H,19,20);1H. The number of aromatic nitrogens is 3. The maximum absolute atomic E-state index is 13.9. The lowest BCUT2D eigenvalue weighted by Crippen LogP contribution is -2.39. The van der Waals surface area contributed by atoms with Crippen molar-refractivity contribution in [2.24, 2.45) is 12.0 Å². The molecule has 0 bridgehead atoms. The van der Waals surface area contributed by atoms with E-state index in [2.05, 4.69) is 20.4 Å². The second kappa shape index (κ2) is 9.93. The van der Waals surface area contributed by atoms with Crippen LogP contribution in [0.25, 0.3) is 0 Å². The van der Waals surface area contributed by atoms with Gasteiger partial charge in [0, 0.05) is 26.2 Å². The molecule has 0 amide bonds. The summed E-state index contributed by atoms with van der Waals surface area (Å²) in [6, 6.07) is 6.27. The van der Waals surface area contributed by atoms with Crippen LogP contribution >= 0.6 is 24.0 Å². The van der Waals surface area contributed by atoms with Gasteiger partial charge in [-0.25, -0.2) is 14.4 Å². The van der Waals surface area contributed by atoms with Crippen LogP contribution in [0.4, 0.5) is 4.39 Å². The van der Waals surface area contributed by atoms with Gasteiger partial charge in [0.2, 0.25) is 0 Å². The molecule has 0 unspecified atom stereocenters. The average molecular weight is 457 g/mol. The Kier molecular flexibility index (Phi) is 8.27.